The van der Waals surface area contributed by atoms with Crippen molar-refractivity contribution in [1.29, 1.82) is 0 Å². The van der Waals surface area contributed by atoms with Gasteiger partial charge in [0, 0.05) is 18.7 Å². The van der Waals surface area contributed by atoms with E-state index in [1.807, 2.05) is 31.2 Å². The standard InChI is InChI=1S/C14H19NO2/c1-3-9-15(10-11-16)14(17)13-8-6-5-7-12(13)4-2/h3,5-8,16H,1,4,9-11H2,2H3. The molecule has 1 aromatic rings. The Morgan fingerprint density at radius 3 is 2.76 bits per heavy atom. The van der Waals surface area contributed by atoms with Crippen LogP contribution in [0.1, 0.15) is 22.8 Å². The van der Waals surface area contributed by atoms with Gasteiger partial charge in [-0.05, 0) is 18.1 Å². The summed E-state index contributed by atoms with van der Waals surface area (Å²) < 4.78 is 0. The van der Waals surface area contributed by atoms with Crippen molar-refractivity contribution in [3.8, 4) is 0 Å². The highest BCUT2D eigenvalue weighted by atomic mass is 16.3. The molecule has 0 atom stereocenters. The summed E-state index contributed by atoms with van der Waals surface area (Å²) in [6.07, 6.45) is 2.49. The zero-order valence-corrected chi connectivity index (χ0v) is 10.2. The fourth-order valence-electron chi connectivity index (χ4n) is 1.76. The molecule has 1 amide bonds. The number of aliphatic hydroxyl groups excluding tert-OH is 1. The van der Waals surface area contributed by atoms with Crippen molar-refractivity contribution < 1.29 is 9.90 Å². The normalized spacial score (nSPS) is 10.0. The highest BCUT2D eigenvalue weighted by Crippen LogP contribution is 2.12. The lowest BCUT2D eigenvalue weighted by molar-refractivity contribution is 0.0742. The number of benzene rings is 1. The molecule has 0 saturated carbocycles. The van der Waals surface area contributed by atoms with E-state index in [2.05, 4.69) is 6.58 Å². The first-order valence-electron chi connectivity index (χ1n) is 5.83. The van der Waals surface area contributed by atoms with Crippen LogP contribution in [-0.4, -0.2) is 35.6 Å². The Morgan fingerprint density at radius 2 is 2.18 bits per heavy atom. The van der Waals surface area contributed by atoms with E-state index in [0.717, 1.165) is 12.0 Å². The molecule has 0 saturated heterocycles. The number of hydrogen-bond donors (Lipinski definition) is 1. The smallest absolute Gasteiger partial charge is 0.254 e. The Labute approximate surface area is 102 Å². The van der Waals surface area contributed by atoms with Crippen LogP contribution in [0.2, 0.25) is 0 Å². The van der Waals surface area contributed by atoms with Crippen molar-refractivity contribution in [2.45, 2.75) is 13.3 Å². The summed E-state index contributed by atoms with van der Waals surface area (Å²) in [6.45, 7) is 6.41. The third-order valence-electron chi connectivity index (χ3n) is 2.64. The highest BCUT2D eigenvalue weighted by molar-refractivity contribution is 5.95. The van der Waals surface area contributed by atoms with E-state index in [4.69, 9.17) is 5.11 Å². The lowest BCUT2D eigenvalue weighted by atomic mass is 10.0. The second kappa shape index (κ2) is 6.86. The van der Waals surface area contributed by atoms with E-state index in [-0.39, 0.29) is 12.5 Å². The molecule has 1 N–H and O–H groups in total. The first-order chi connectivity index (χ1) is 8.24. The summed E-state index contributed by atoms with van der Waals surface area (Å²) in [5, 5.41) is 8.96. The minimum Gasteiger partial charge on any atom is -0.395 e. The molecule has 0 aliphatic rings. The molecule has 92 valence electrons. The van der Waals surface area contributed by atoms with E-state index in [9.17, 15) is 4.79 Å². The van der Waals surface area contributed by atoms with Gasteiger partial charge in [0.25, 0.3) is 5.91 Å². The summed E-state index contributed by atoms with van der Waals surface area (Å²) in [5.41, 5.74) is 1.75. The molecule has 0 unspecified atom stereocenters. The number of nitrogens with zero attached hydrogens (tertiary/aromatic N) is 1. The molecular weight excluding hydrogens is 214 g/mol. The SMILES string of the molecule is C=CCN(CCO)C(=O)c1ccccc1CC. The number of amides is 1. The summed E-state index contributed by atoms with van der Waals surface area (Å²) in [6, 6.07) is 7.57. The van der Waals surface area contributed by atoms with Crippen LogP contribution in [-0.2, 0) is 6.42 Å². The summed E-state index contributed by atoms with van der Waals surface area (Å²) >= 11 is 0. The van der Waals surface area contributed by atoms with Gasteiger partial charge in [-0.2, -0.15) is 0 Å². The Kier molecular flexibility index (Phi) is 5.43. The molecule has 0 spiro atoms. The van der Waals surface area contributed by atoms with Crippen molar-refractivity contribution >= 4 is 5.91 Å². The number of carbonyl (C=O) groups excluding carboxylic acids is 1. The van der Waals surface area contributed by atoms with Crippen LogP contribution in [0.25, 0.3) is 0 Å². The summed E-state index contributed by atoms with van der Waals surface area (Å²) in [7, 11) is 0. The van der Waals surface area contributed by atoms with Crippen LogP contribution < -0.4 is 0 Å². The van der Waals surface area contributed by atoms with E-state index in [1.54, 1.807) is 11.0 Å². The third kappa shape index (κ3) is 3.43. The predicted molar refractivity (Wildman–Crippen MR) is 69.0 cm³/mol. The quantitative estimate of drug-likeness (QED) is 0.762. The topological polar surface area (TPSA) is 40.5 Å². The average Bonchev–Trinajstić information content (AvgIpc) is 2.37. The monoisotopic (exact) mass is 233 g/mol. The van der Waals surface area contributed by atoms with Gasteiger partial charge in [-0.15, -0.1) is 6.58 Å². The minimum absolute atomic E-state index is 0.0339. The Hall–Kier alpha value is -1.61. The number of rotatable bonds is 6. The maximum absolute atomic E-state index is 12.3. The molecule has 0 aliphatic carbocycles. The van der Waals surface area contributed by atoms with Gasteiger partial charge in [-0.1, -0.05) is 31.2 Å². The van der Waals surface area contributed by atoms with Crippen molar-refractivity contribution in [3.63, 3.8) is 0 Å². The second-order valence-electron chi connectivity index (χ2n) is 3.77. The molecule has 0 heterocycles. The summed E-state index contributed by atoms with van der Waals surface area (Å²) in [4.78, 5) is 13.9. The Balaban J connectivity index is 2.95. The van der Waals surface area contributed by atoms with Crippen LogP contribution >= 0.6 is 0 Å². The molecule has 0 aliphatic heterocycles. The van der Waals surface area contributed by atoms with Crippen molar-refractivity contribution in [3.05, 3.63) is 48.0 Å². The number of aliphatic hydroxyl groups is 1. The molecule has 3 nitrogen and oxygen atoms in total. The molecule has 3 heteroatoms. The van der Waals surface area contributed by atoms with E-state index < -0.39 is 0 Å². The fraction of sp³-hybridized carbons (Fsp3) is 0.357. The predicted octanol–water partition coefficient (Wildman–Crippen LogP) is 1.87. The van der Waals surface area contributed by atoms with Gasteiger partial charge in [-0.25, -0.2) is 0 Å². The molecule has 0 bridgehead atoms. The van der Waals surface area contributed by atoms with Gasteiger partial charge in [-0.3, -0.25) is 4.79 Å². The van der Waals surface area contributed by atoms with Crippen molar-refractivity contribution in [2.75, 3.05) is 19.7 Å². The van der Waals surface area contributed by atoms with E-state index in [1.165, 1.54) is 0 Å². The fourth-order valence-corrected chi connectivity index (χ4v) is 1.76. The lowest BCUT2D eigenvalue weighted by Gasteiger charge is -2.21. The van der Waals surface area contributed by atoms with Gasteiger partial charge in [0.15, 0.2) is 0 Å². The highest BCUT2D eigenvalue weighted by Gasteiger charge is 2.16. The molecule has 0 radical (unpaired) electrons. The number of hydrogen-bond acceptors (Lipinski definition) is 2. The van der Waals surface area contributed by atoms with E-state index >= 15 is 0 Å². The molecular formula is C14H19NO2. The minimum atomic E-state index is -0.0450. The number of aryl methyl sites for hydroxylation is 1. The van der Waals surface area contributed by atoms with Crippen molar-refractivity contribution in [2.24, 2.45) is 0 Å². The Morgan fingerprint density at radius 1 is 1.47 bits per heavy atom. The van der Waals surface area contributed by atoms with Crippen LogP contribution in [0, 0.1) is 0 Å². The first-order valence-corrected chi connectivity index (χ1v) is 5.83. The summed E-state index contributed by atoms with van der Waals surface area (Å²) in [5.74, 6) is -0.0450. The maximum Gasteiger partial charge on any atom is 0.254 e. The van der Waals surface area contributed by atoms with Crippen molar-refractivity contribution in [1.82, 2.24) is 4.90 Å². The van der Waals surface area contributed by atoms with E-state index in [0.29, 0.717) is 18.7 Å². The van der Waals surface area contributed by atoms with Gasteiger partial charge in [0.2, 0.25) is 0 Å². The molecule has 1 aromatic carbocycles. The van der Waals surface area contributed by atoms with Crippen LogP contribution in [0.5, 0.6) is 0 Å². The molecule has 1 rings (SSSR count). The molecule has 0 aromatic heterocycles. The van der Waals surface area contributed by atoms with Crippen LogP contribution in [0.3, 0.4) is 0 Å². The molecule has 0 fully saturated rings. The zero-order valence-electron chi connectivity index (χ0n) is 10.2. The molecule has 17 heavy (non-hydrogen) atoms. The lowest BCUT2D eigenvalue weighted by Crippen LogP contribution is -2.34. The first kappa shape index (κ1) is 13.5. The largest absolute Gasteiger partial charge is 0.395 e. The number of carbonyl (C=O) groups is 1. The van der Waals surface area contributed by atoms with Gasteiger partial charge >= 0.3 is 0 Å². The average molecular weight is 233 g/mol. The second-order valence-corrected chi connectivity index (χ2v) is 3.77. The Bertz CT molecular complexity index is 388. The van der Waals surface area contributed by atoms with Crippen LogP contribution in [0.4, 0.5) is 0 Å². The van der Waals surface area contributed by atoms with Crippen LogP contribution in [0.15, 0.2) is 36.9 Å². The maximum atomic E-state index is 12.3. The zero-order chi connectivity index (χ0) is 12.7. The van der Waals surface area contributed by atoms with Gasteiger partial charge in [0.05, 0.1) is 6.61 Å². The van der Waals surface area contributed by atoms with Gasteiger partial charge < -0.3 is 10.0 Å². The van der Waals surface area contributed by atoms with Gasteiger partial charge in [0.1, 0.15) is 0 Å². The third-order valence-corrected chi connectivity index (χ3v) is 2.64.